The first-order valence-electron chi connectivity index (χ1n) is 5.35. The fourth-order valence-electron chi connectivity index (χ4n) is 2.22. The second-order valence-electron chi connectivity index (χ2n) is 3.99. The molecule has 82 valence electrons. The highest BCUT2D eigenvalue weighted by Crippen LogP contribution is 2.31. The van der Waals surface area contributed by atoms with Gasteiger partial charge >= 0.3 is 0 Å². The van der Waals surface area contributed by atoms with Gasteiger partial charge in [-0.25, -0.2) is 4.39 Å². The van der Waals surface area contributed by atoms with Crippen molar-refractivity contribution in [1.29, 1.82) is 0 Å². The van der Waals surface area contributed by atoms with Crippen LogP contribution in [-0.2, 0) is 4.74 Å². The van der Waals surface area contributed by atoms with Gasteiger partial charge in [0.1, 0.15) is 5.82 Å². The molecule has 1 aromatic rings. The Morgan fingerprint density at radius 3 is 2.87 bits per heavy atom. The summed E-state index contributed by atoms with van der Waals surface area (Å²) in [5, 5.41) is 0. The van der Waals surface area contributed by atoms with E-state index in [1.165, 1.54) is 6.07 Å². The summed E-state index contributed by atoms with van der Waals surface area (Å²) in [6.45, 7) is 1.96. The van der Waals surface area contributed by atoms with Gasteiger partial charge in [0.05, 0.1) is 6.61 Å². The number of benzene rings is 1. The maximum atomic E-state index is 13.6. The maximum Gasteiger partial charge on any atom is 0.126 e. The summed E-state index contributed by atoms with van der Waals surface area (Å²) in [7, 11) is 0. The molecule has 2 N–H and O–H groups in total. The lowest BCUT2D eigenvalue weighted by atomic mass is 9.85. The predicted octanol–water partition coefficient (Wildman–Crippen LogP) is 1.90. The van der Waals surface area contributed by atoms with Crippen molar-refractivity contribution in [3.05, 3.63) is 35.6 Å². The molecule has 1 aliphatic heterocycles. The lowest BCUT2D eigenvalue weighted by Gasteiger charge is -2.21. The molecule has 1 heterocycles. The smallest absolute Gasteiger partial charge is 0.126 e. The normalized spacial score (nSPS) is 22.9. The molecular weight excluding hydrogens is 193 g/mol. The molecule has 0 radical (unpaired) electrons. The number of ether oxygens (including phenoxy) is 1. The molecule has 0 aliphatic carbocycles. The zero-order valence-electron chi connectivity index (χ0n) is 8.66. The van der Waals surface area contributed by atoms with E-state index in [1.54, 1.807) is 6.07 Å². The standard InChI is InChI=1S/C12H16FNO/c13-12-4-2-1-3-10(12)11(7-14)9-5-6-15-8-9/h1-4,9,11H,5-8,14H2. The Kier molecular flexibility index (Phi) is 3.34. The molecule has 15 heavy (non-hydrogen) atoms. The van der Waals surface area contributed by atoms with E-state index in [0.717, 1.165) is 18.6 Å². The molecule has 0 spiro atoms. The molecule has 1 fully saturated rings. The van der Waals surface area contributed by atoms with Gasteiger partial charge < -0.3 is 10.5 Å². The van der Waals surface area contributed by atoms with Crippen LogP contribution in [-0.4, -0.2) is 19.8 Å². The minimum Gasteiger partial charge on any atom is -0.381 e. The first-order chi connectivity index (χ1) is 7.33. The van der Waals surface area contributed by atoms with Gasteiger partial charge in [-0.1, -0.05) is 18.2 Å². The molecule has 1 aliphatic rings. The average molecular weight is 209 g/mol. The van der Waals surface area contributed by atoms with Crippen molar-refractivity contribution in [2.45, 2.75) is 12.3 Å². The zero-order valence-corrected chi connectivity index (χ0v) is 8.66. The van der Waals surface area contributed by atoms with Crippen LogP contribution in [0.25, 0.3) is 0 Å². The molecule has 2 rings (SSSR count). The molecule has 0 bridgehead atoms. The van der Waals surface area contributed by atoms with Gasteiger partial charge in [0.2, 0.25) is 0 Å². The van der Waals surface area contributed by atoms with Crippen molar-refractivity contribution in [1.82, 2.24) is 0 Å². The van der Waals surface area contributed by atoms with Crippen molar-refractivity contribution in [3.8, 4) is 0 Å². The highest BCUT2D eigenvalue weighted by atomic mass is 19.1. The number of rotatable bonds is 3. The zero-order chi connectivity index (χ0) is 10.7. The molecule has 0 aromatic heterocycles. The van der Waals surface area contributed by atoms with Crippen LogP contribution in [0.1, 0.15) is 17.9 Å². The lowest BCUT2D eigenvalue weighted by Crippen LogP contribution is -2.22. The van der Waals surface area contributed by atoms with E-state index in [9.17, 15) is 4.39 Å². The van der Waals surface area contributed by atoms with E-state index in [0.29, 0.717) is 19.1 Å². The SMILES string of the molecule is NCC(c1ccccc1F)C1CCOC1. The van der Waals surface area contributed by atoms with Crippen molar-refractivity contribution in [2.24, 2.45) is 11.7 Å². The third kappa shape index (κ3) is 2.19. The van der Waals surface area contributed by atoms with Crippen LogP contribution in [0.2, 0.25) is 0 Å². The van der Waals surface area contributed by atoms with Crippen LogP contribution >= 0.6 is 0 Å². The van der Waals surface area contributed by atoms with E-state index < -0.39 is 0 Å². The highest BCUT2D eigenvalue weighted by Gasteiger charge is 2.27. The molecule has 3 heteroatoms. The second kappa shape index (κ2) is 4.73. The minimum atomic E-state index is -0.153. The maximum absolute atomic E-state index is 13.6. The molecule has 0 saturated carbocycles. The van der Waals surface area contributed by atoms with Gasteiger partial charge in [-0.15, -0.1) is 0 Å². The van der Waals surface area contributed by atoms with Crippen LogP contribution in [0.5, 0.6) is 0 Å². The third-order valence-electron chi connectivity index (χ3n) is 3.09. The monoisotopic (exact) mass is 209 g/mol. The van der Waals surface area contributed by atoms with Crippen molar-refractivity contribution in [3.63, 3.8) is 0 Å². The van der Waals surface area contributed by atoms with E-state index in [4.69, 9.17) is 10.5 Å². The fourth-order valence-corrected chi connectivity index (χ4v) is 2.22. The molecule has 2 unspecified atom stereocenters. The Hall–Kier alpha value is -0.930. The number of halogens is 1. The summed E-state index contributed by atoms with van der Waals surface area (Å²) in [6, 6.07) is 6.88. The first-order valence-corrected chi connectivity index (χ1v) is 5.35. The summed E-state index contributed by atoms with van der Waals surface area (Å²) in [4.78, 5) is 0. The van der Waals surface area contributed by atoms with Crippen LogP contribution in [0.4, 0.5) is 4.39 Å². The van der Waals surface area contributed by atoms with Gasteiger partial charge in [0.25, 0.3) is 0 Å². The summed E-state index contributed by atoms with van der Waals surface area (Å²) >= 11 is 0. The Morgan fingerprint density at radius 1 is 1.47 bits per heavy atom. The minimum absolute atomic E-state index is 0.0914. The number of hydrogen-bond donors (Lipinski definition) is 1. The average Bonchev–Trinajstić information content (AvgIpc) is 2.75. The third-order valence-corrected chi connectivity index (χ3v) is 3.09. The summed E-state index contributed by atoms with van der Waals surface area (Å²) in [5.74, 6) is 0.306. The van der Waals surface area contributed by atoms with Crippen LogP contribution in [0.3, 0.4) is 0 Å². The van der Waals surface area contributed by atoms with Crippen molar-refractivity contribution in [2.75, 3.05) is 19.8 Å². The van der Waals surface area contributed by atoms with E-state index >= 15 is 0 Å². The lowest BCUT2D eigenvalue weighted by molar-refractivity contribution is 0.180. The number of nitrogens with two attached hydrogens (primary N) is 1. The van der Waals surface area contributed by atoms with Crippen molar-refractivity contribution >= 4 is 0 Å². The molecule has 1 aromatic carbocycles. The Bertz CT molecular complexity index is 323. The van der Waals surface area contributed by atoms with E-state index in [-0.39, 0.29) is 11.7 Å². The van der Waals surface area contributed by atoms with E-state index in [2.05, 4.69) is 0 Å². The molecule has 2 nitrogen and oxygen atoms in total. The summed E-state index contributed by atoms with van der Waals surface area (Å²) < 4.78 is 18.9. The van der Waals surface area contributed by atoms with Gasteiger partial charge in [-0.3, -0.25) is 0 Å². The largest absolute Gasteiger partial charge is 0.381 e. The predicted molar refractivity (Wildman–Crippen MR) is 57.1 cm³/mol. The Balaban J connectivity index is 2.22. The van der Waals surface area contributed by atoms with E-state index in [1.807, 2.05) is 12.1 Å². The van der Waals surface area contributed by atoms with Gasteiger partial charge in [0.15, 0.2) is 0 Å². The van der Waals surface area contributed by atoms with Crippen LogP contribution in [0, 0.1) is 11.7 Å². The molecule has 0 amide bonds. The van der Waals surface area contributed by atoms with Crippen molar-refractivity contribution < 1.29 is 9.13 Å². The molecule has 1 saturated heterocycles. The van der Waals surface area contributed by atoms with Crippen LogP contribution in [0.15, 0.2) is 24.3 Å². The summed E-state index contributed by atoms with van der Waals surface area (Å²) in [5.41, 5.74) is 6.46. The van der Waals surface area contributed by atoms with Gasteiger partial charge in [-0.2, -0.15) is 0 Å². The second-order valence-corrected chi connectivity index (χ2v) is 3.99. The topological polar surface area (TPSA) is 35.2 Å². The van der Waals surface area contributed by atoms with Crippen LogP contribution < -0.4 is 5.73 Å². The molecular formula is C12H16FNO. The quantitative estimate of drug-likeness (QED) is 0.825. The summed E-state index contributed by atoms with van der Waals surface area (Å²) in [6.07, 6.45) is 0.982. The van der Waals surface area contributed by atoms with Gasteiger partial charge in [0, 0.05) is 12.5 Å². The fraction of sp³-hybridized carbons (Fsp3) is 0.500. The Labute approximate surface area is 89.2 Å². The van der Waals surface area contributed by atoms with Gasteiger partial charge in [-0.05, 0) is 30.5 Å². The first kappa shape index (κ1) is 10.6. The number of hydrogen-bond acceptors (Lipinski definition) is 2. The molecule has 2 atom stereocenters. The highest BCUT2D eigenvalue weighted by molar-refractivity contribution is 5.23. The Morgan fingerprint density at radius 2 is 2.27 bits per heavy atom.